The number of pyridine rings is 1. The maximum Gasteiger partial charge on any atom is 0.260 e. The van der Waals surface area contributed by atoms with E-state index in [1.54, 1.807) is 15.5 Å². The van der Waals surface area contributed by atoms with Crippen molar-refractivity contribution in [3.8, 4) is 17.6 Å². The number of carbonyl (C=O) groups excluding carboxylic acids is 1. The van der Waals surface area contributed by atoms with Gasteiger partial charge in [0.2, 0.25) is 0 Å². The molecule has 1 unspecified atom stereocenters. The van der Waals surface area contributed by atoms with E-state index in [2.05, 4.69) is 24.5 Å². The van der Waals surface area contributed by atoms with Crippen LogP contribution in [-0.2, 0) is 11.3 Å². The molecule has 5 nitrogen and oxygen atoms in total. The SMILES string of the molecule is Cc1cc(OCC(=O)N2CCC(S)C2)cc(=O)n1Cc1ccc(C#CC2CC2)cc1. The molecule has 30 heavy (non-hydrogen) atoms. The summed E-state index contributed by atoms with van der Waals surface area (Å²) in [7, 11) is 0. The lowest BCUT2D eigenvalue weighted by Crippen LogP contribution is -2.33. The van der Waals surface area contributed by atoms with E-state index >= 15 is 0 Å². The van der Waals surface area contributed by atoms with Gasteiger partial charge in [-0.3, -0.25) is 9.59 Å². The van der Waals surface area contributed by atoms with Crippen molar-refractivity contribution in [3.63, 3.8) is 0 Å². The lowest BCUT2D eigenvalue weighted by molar-refractivity contribution is -0.132. The van der Waals surface area contributed by atoms with Crippen LogP contribution in [0, 0.1) is 24.7 Å². The molecule has 6 heteroatoms. The summed E-state index contributed by atoms with van der Waals surface area (Å²) in [6, 6.07) is 11.3. The van der Waals surface area contributed by atoms with Crippen LogP contribution < -0.4 is 10.3 Å². The lowest BCUT2D eigenvalue weighted by atomic mass is 10.1. The molecule has 1 saturated heterocycles. The highest BCUT2D eigenvalue weighted by Crippen LogP contribution is 2.27. The summed E-state index contributed by atoms with van der Waals surface area (Å²) < 4.78 is 7.30. The maximum absolute atomic E-state index is 12.6. The fraction of sp³-hybridized carbons (Fsp3) is 0.417. The molecule has 1 saturated carbocycles. The van der Waals surface area contributed by atoms with Gasteiger partial charge in [0.15, 0.2) is 6.61 Å². The zero-order chi connectivity index (χ0) is 21.1. The highest BCUT2D eigenvalue weighted by atomic mass is 32.1. The quantitative estimate of drug-likeness (QED) is 0.596. The van der Waals surface area contributed by atoms with Crippen LogP contribution in [0.25, 0.3) is 0 Å². The first-order valence-electron chi connectivity index (χ1n) is 10.4. The van der Waals surface area contributed by atoms with Crippen molar-refractivity contribution in [1.29, 1.82) is 0 Å². The average molecular weight is 423 g/mol. The van der Waals surface area contributed by atoms with Crippen LogP contribution in [-0.4, -0.2) is 40.3 Å². The summed E-state index contributed by atoms with van der Waals surface area (Å²) in [5.74, 6) is 7.39. The highest BCUT2D eigenvalue weighted by Gasteiger charge is 2.24. The molecular weight excluding hydrogens is 396 g/mol. The van der Waals surface area contributed by atoms with Gasteiger partial charge >= 0.3 is 0 Å². The third-order valence-electron chi connectivity index (χ3n) is 5.48. The molecule has 1 aromatic carbocycles. The Morgan fingerprint density at radius 2 is 1.97 bits per heavy atom. The van der Waals surface area contributed by atoms with E-state index in [0.29, 0.717) is 31.3 Å². The fourth-order valence-electron chi connectivity index (χ4n) is 3.48. The van der Waals surface area contributed by atoms with Gasteiger partial charge in [0.1, 0.15) is 5.75 Å². The molecule has 2 aromatic rings. The number of aryl methyl sites for hydroxylation is 1. The van der Waals surface area contributed by atoms with Gasteiger partial charge in [0.05, 0.1) is 6.54 Å². The van der Waals surface area contributed by atoms with E-state index in [1.807, 2.05) is 31.2 Å². The molecule has 2 fully saturated rings. The number of likely N-dealkylation sites (tertiary alicyclic amines) is 1. The second kappa shape index (κ2) is 9.01. The van der Waals surface area contributed by atoms with Gasteiger partial charge in [-0.1, -0.05) is 24.0 Å². The zero-order valence-corrected chi connectivity index (χ0v) is 18.0. The lowest BCUT2D eigenvalue weighted by Gasteiger charge is -2.17. The van der Waals surface area contributed by atoms with E-state index in [0.717, 1.165) is 23.2 Å². The van der Waals surface area contributed by atoms with Gasteiger partial charge in [-0.05, 0) is 49.9 Å². The number of thiol groups is 1. The second-order valence-electron chi connectivity index (χ2n) is 8.07. The van der Waals surface area contributed by atoms with Gasteiger partial charge < -0.3 is 14.2 Å². The second-order valence-corrected chi connectivity index (χ2v) is 8.80. The highest BCUT2D eigenvalue weighted by molar-refractivity contribution is 7.81. The molecule has 2 heterocycles. The van der Waals surface area contributed by atoms with Crippen molar-refractivity contribution in [1.82, 2.24) is 9.47 Å². The number of aromatic nitrogens is 1. The van der Waals surface area contributed by atoms with Crippen molar-refractivity contribution >= 4 is 18.5 Å². The molecule has 4 rings (SSSR count). The summed E-state index contributed by atoms with van der Waals surface area (Å²) in [5.41, 5.74) is 2.69. The Kier molecular flexibility index (Phi) is 6.19. The average Bonchev–Trinajstić information content (AvgIpc) is 3.46. The van der Waals surface area contributed by atoms with Crippen LogP contribution in [0.2, 0.25) is 0 Å². The van der Waals surface area contributed by atoms with Crippen LogP contribution in [0.15, 0.2) is 41.2 Å². The molecule has 1 atom stereocenters. The van der Waals surface area contributed by atoms with E-state index in [4.69, 9.17) is 4.74 Å². The Morgan fingerprint density at radius 1 is 1.20 bits per heavy atom. The molecule has 1 aromatic heterocycles. The van der Waals surface area contributed by atoms with Crippen molar-refractivity contribution in [2.75, 3.05) is 19.7 Å². The van der Waals surface area contributed by atoms with Crippen LogP contribution in [0.5, 0.6) is 5.75 Å². The molecule has 0 spiro atoms. The van der Waals surface area contributed by atoms with Gasteiger partial charge in [-0.25, -0.2) is 0 Å². The number of carbonyl (C=O) groups is 1. The van der Waals surface area contributed by atoms with Crippen molar-refractivity contribution in [3.05, 3.63) is 63.6 Å². The van der Waals surface area contributed by atoms with Crippen molar-refractivity contribution in [2.45, 2.75) is 38.0 Å². The minimum absolute atomic E-state index is 0.0628. The summed E-state index contributed by atoms with van der Waals surface area (Å²) in [5, 5.41) is 0.236. The monoisotopic (exact) mass is 422 g/mol. The van der Waals surface area contributed by atoms with Crippen LogP contribution in [0.4, 0.5) is 0 Å². The third-order valence-corrected chi connectivity index (χ3v) is 5.90. The summed E-state index contributed by atoms with van der Waals surface area (Å²) in [6.07, 6.45) is 3.34. The summed E-state index contributed by atoms with van der Waals surface area (Å²) >= 11 is 4.40. The third kappa shape index (κ3) is 5.28. The number of amides is 1. The minimum Gasteiger partial charge on any atom is -0.484 e. The fourth-order valence-corrected chi connectivity index (χ4v) is 3.79. The van der Waals surface area contributed by atoms with Gasteiger partial charge in [0, 0.05) is 41.6 Å². The van der Waals surface area contributed by atoms with Crippen molar-refractivity contribution in [2.24, 2.45) is 5.92 Å². The van der Waals surface area contributed by atoms with Gasteiger partial charge in [-0.15, -0.1) is 0 Å². The molecule has 0 bridgehead atoms. The molecule has 2 aliphatic rings. The van der Waals surface area contributed by atoms with Gasteiger partial charge in [-0.2, -0.15) is 12.6 Å². The first-order valence-corrected chi connectivity index (χ1v) is 10.9. The molecule has 1 amide bonds. The van der Waals surface area contributed by atoms with Gasteiger partial charge in [0.25, 0.3) is 11.5 Å². The first kappa shape index (κ1) is 20.6. The topological polar surface area (TPSA) is 51.5 Å². The van der Waals surface area contributed by atoms with Crippen LogP contribution in [0.1, 0.15) is 36.1 Å². The number of hydrogen-bond acceptors (Lipinski definition) is 4. The standard InChI is InChI=1S/C24H26N2O3S/c1-17-12-21(29-16-24(28)25-11-10-22(30)15-25)13-23(27)26(17)14-20-8-6-19(7-9-20)5-4-18-2-3-18/h6-9,12-13,18,22,30H,2-3,10-11,14-16H2,1H3. The largest absolute Gasteiger partial charge is 0.484 e. The normalized spacial score (nSPS) is 18.1. The Labute approximate surface area is 182 Å². The molecule has 0 N–H and O–H groups in total. The molecule has 1 aliphatic heterocycles. The number of hydrogen-bond donors (Lipinski definition) is 1. The molecule has 1 aliphatic carbocycles. The van der Waals surface area contributed by atoms with Crippen molar-refractivity contribution < 1.29 is 9.53 Å². The van der Waals surface area contributed by atoms with E-state index in [1.165, 1.54) is 18.9 Å². The Morgan fingerprint density at radius 3 is 2.60 bits per heavy atom. The molecule has 0 radical (unpaired) electrons. The number of rotatable bonds is 5. The smallest absolute Gasteiger partial charge is 0.260 e. The molecule has 156 valence electrons. The van der Waals surface area contributed by atoms with Crippen LogP contribution in [0.3, 0.4) is 0 Å². The number of ether oxygens (including phenoxy) is 1. The summed E-state index contributed by atoms with van der Waals surface area (Å²) in [4.78, 5) is 26.6. The zero-order valence-electron chi connectivity index (χ0n) is 17.1. The molecular formula is C24H26N2O3S. The minimum atomic E-state index is -0.147. The maximum atomic E-state index is 12.6. The van der Waals surface area contributed by atoms with E-state index in [-0.39, 0.29) is 23.3 Å². The summed E-state index contributed by atoms with van der Waals surface area (Å²) in [6.45, 7) is 3.65. The predicted octanol–water partition coefficient (Wildman–Crippen LogP) is 2.88. The van der Waals surface area contributed by atoms with E-state index < -0.39 is 0 Å². The Hall–Kier alpha value is -2.65. The predicted molar refractivity (Wildman–Crippen MR) is 120 cm³/mol. The van der Waals surface area contributed by atoms with E-state index in [9.17, 15) is 9.59 Å². The Bertz CT molecular complexity index is 1040. The van der Waals surface area contributed by atoms with Crippen LogP contribution >= 0.6 is 12.6 Å². The number of benzene rings is 1. The number of nitrogens with zero attached hydrogens (tertiary/aromatic N) is 2. The first-order chi connectivity index (χ1) is 14.5. The Balaban J connectivity index is 1.38.